The fraction of sp³-hybridized carbons (Fsp3) is 0.150. The third-order valence-electron chi connectivity index (χ3n) is 4.47. The Kier molecular flexibility index (Phi) is 3.15. The van der Waals surface area contributed by atoms with Gasteiger partial charge in [-0.2, -0.15) is 0 Å². The van der Waals surface area contributed by atoms with Crippen molar-refractivity contribution in [3.05, 3.63) is 59.8 Å². The molecule has 0 spiro atoms. The number of carbonyl (C=O) groups is 1. The highest BCUT2D eigenvalue weighted by molar-refractivity contribution is 6.35. The fourth-order valence-electron chi connectivity index (χ4n) is 3.15. The lowest BCUT2D eigenvalue weighted by Gasteiger charge is -2.09. The Labute approximate surface area is 144 Å². The average Bonchev–Trinajstić information content (AvgIpc) is 3.27. The second-order valence-corrected chi connectivity index (χ2v) is 6.27. The van der Waals surface area contributed by atoms with Gasteiger partial charge in [-0.05, 0) is 35.7 Å². The molecule has 3 heterocycles. The SMILES string of the molecule is O=C1Nc2cccc(OCC3CO3)c2/C1=C/c1cc2ccccc2[nH]1. The Morgan fingerprint density at radius 3 is 2.92 bits per heavy atom. The van der Waals surface area contributed by atoms with Crippen molar-refractivity contribution in [3.63, 3.8) is 0 Å². The lowest BCUT2D eigenvalue weighted by atomic mass is 10.0. The van der Waals surface area contributed by atoms with Crippen LogP contribution in [0.15, 0.2) is 48.5 Å². The van der Waals surface area contributed by atoms with Crippen molar-refractivity contribution in [3.8, 4) is 5.75 Å². The normalized spacial score (nSPS) is 19.9. The van der Waals surface area contributed by atoms with Crippen LogP contribution in [0.2, 0.25) is 0 Å². The lowest BCUT2D eigenvalue weighted by Crippen LogP contribution is -2.05. The minimum atomic E-state index is -0.118. The van der Waals surface area contributed by atoms with E-state index < -0.39 is 0 Å². The average molecular weight is 332 g/mol. The van der Waals surface area contributed by atoms with Crippen LogP contribution in [0.1, 0.15) is 11.3 Å². The third-order valence-corrected chi connectivity index (χ3v) is 4.47. The van der Waals surface area contributed by atoms with Gasteiger partial charge in [0.1, 0.15) is 18.5 Å². The first-order chi connectivity index (χ1) is 12.3. The first-order valence-corrected chi connectivity index (χ1v) is 8.26. The maximum atomic E-state index is 12.5. The molecule has 1 fully saturated rings. The van der Waals surface area contributed by atoms with E-state index in [4.69, 9.17) is 9.47 Å². The topological polar surface area (TPSA) is 66.7 Å². The van der Waals surface area contributed by atoms with Gasteiger partial charge in [-0.3, -0.25) is 4.79 Å². The van der Waals surface area contributed by atoms with Gasteiger partial charge >= 0.3 is 0 Å². The maximum Gasteiger partial charge on any atom is 0.256 e. The van der Waals surface area contributed by atoms with E-state index in [1.807, 2.05) is 54.6 Å². The number of carbonyl (C=O) groups excluding carboxylic acids is 1. The van der Waals surface area contributed by atoms with Crippen LogP contribution >= 0.6 is 0 Å². The largest absolute Gasteiger partial charge is 0.490 e. The van der Waals surface area contributed by atoms with Crippen LogP contribution in [-0.4, -0.2) is 30.2 Å². The summed E-state index contributed by atoms with van der Waals surface area (Å²) in [6, 6.07) is 15.7. The molecule has 0 bridgehead atoms. The summed E-state index contributed by atoms with van der Waals surface area (Å²) in [5, 5.41) is 4.03. The zero-order valence-corrected chi connectivity index (χ0v) is 13.4. The van der Waals surface area contributed by atoms with Crippen molar-refractivity contribution >= 4 is 34.1 Å². The Morgan fingerprint density at radius 2 is 2.08 bits per heavy atom. The van der Waals surface area contributed by atoms with Crippen LogP contribution in [0.3, 0.4) is 0 Å². The van der Waals surface area contributed by atoms with Crippen molar-refractivity contribution in [2.45, 2.75) is 6.10 Å². The van der Waals surface area contributed by atoms with Crippen molar-refractivity contribution in [2.24, 2.45) is 0 Å². The van der Waals surface area contributed by atoms with Crippen molar-refractivity contribution in [1.82, 2.24) is 4.98 Å². The van der Waals surface area contributed by atoms with Gasteiger partial charge < -0.3 is 19.8 Å². The predicted molar refractivity (Wildman–Crippen MR) is 96.5 cm³/mol. The summed E-state index contributed by atoms with van der Waals surface area (Å²) in [4.78, 5) is 15.8. The first-order valence-electron chi connectivity index (χ1n) is 8.26. The number of H-pyrrole nitrogens is 1. The van der Waals surface area contributed by atoms with Gasteiger partial charge in [0.2, 0.25) is 0 Å². The van der Waals surface area contributed by atoms with Crippen molar-refractivity contribution in [2.75, 3.05) is 18.5 Å². The monoisotopic (exact) mass is 332 g/mol. The molecule has 1 unspecified atom stereocenters. The van der Waals surface area contributed by atoms with E-state index in [2.05, 4.69) is 10.3 Å². The highest BCUT2D eigenvalue weighted by Crippen LogP contribution is 2.40. The van der Waals surface area contributed by atoms with E-state index in [1.165, 1.54) is 0 Å². The molecule has 0 saturated carbocycles. The first kappa shape index (κ1) is 14.3. The number of anilines is 1. The molecule has 0 aliphatic carbocycles. The molecule has 1 amide bonds. The van der Waals surface area contributed by atoms with Gasteiger partial charge in [0.05, 0.1) is 23.4 Å². The number of para-hydroxylation sites is 1. The molecule has 1 aromatic heterocycles. The summed E-state index contributed by atoms with van der Waals surface area (Å²) < 4.78 is 11.1. The molecule has 5 nitrogen and oxygen atoms in total. The van der Waals surface area contributed by atoms with Gasteiger partial charge in [0.25, 0.3) is 5.91 Å². The molecule has 1 saturated heterocycles. The molecular formula is C20H16N2O3. The van der Waals surface area contributed by atoms with Crippen LogP contribution in [0.25, 0.3) is 22.6 Å². The van der Waals surface area contributed by atoms with E-state index in [-0.39, 0.29) is 12.0 Å². The number of epoxide rings is 1. The van der Waals surface area contributed by atoms with Crippen LogP contribution in [0.4, 0.5) is 5.69 Å². The van der Waals surface area contributed by atoms with E-state index >= 15 is 0 Å². The molecule has 5 heteroatoms. The Balaban J connectivity index is 1.56. The van der Waals surface area contributed by atoms with Gasteiger partial charge in [0, 0.05) is 11.2 Å². The second-order valence-electron chi connectivity index (χ2n) is 6.27. The summed E-state index contributed by atoms with van der Waals surface area (Å²) >= 11 is 0. The number of amides is 1. The highest BCUT2D eigenvalue weighted by Gasteiger charge is 2.29. The minimum Gasteiger partial charge on any atom is -0.490 e. The maximum absolute atomic E-state index is 12.5. The van der Waals surface area contributed by atoms with Crippen LogP contribution < -0.4 is 10.1 Å². The van der Waals surface area contributed by atoms with Crippen LogP contribution in [0, 0.1) is 0 Å². The van der Waals surface area contributed by atoms with E-state index in [9.17, 15) is 4.79 Å². The minimum absolute atomic E-state index is 0.118. The lowest BCUT2D eigenvalue weighted by molar-refractivity contribution is -0.110. The molecule has 2 aliphatic rings. The molecule has 2 aromatic carbocycles. The second kappa shape index (κ2) is 5.50. The Hall–Kier alpha value is -3.05. The van der Waals surface area contributed by atoms with E-state index in [0.29, 0.717) is 17.9 Å². The zero-order chi connectivity index (χ0) is 16.8. The number of benzene rings is 2. The number of hydrogen-bond acceptors (Lipinski definition) is 3. The molecule has 5 rings (SSSR count). The smallest absolute Gasteiger partial charge is 0.256 e. The number of aromatic amines is 1. The number of rotatable bonds is 4. The number of fused-ring (bicyclic) bond motifs is 2. The van der Waals surface area contributed by atoms with Gasteiger partial charge in [0.15, 0.2) is 0 Å². The predicted octanol–water partition coefficient (Wildman–Crippen LogP) is 3.44. The molecule has 1 atom stereocenters. The molecular weight excluding hydrogens is 316 g/mol. The molecule has 2 aliphatic heterocycles. The number of aromatic nitrogens is 1. The summed E-state index contributed by atoms with van der Waals surface area (Å²) in [6.45, 7) is 1.24. The third kappa shape index (κ3) is 2.58. The van der Waals surface area contributed by atoms with Gasteiger partial charge in [-0.15, -0.1) is 0 Å². The number of nitrogens with one attached hydrogen (secondary N) is 2. The fourth-order valence-corrected chi connectivity index (χ4v) is 3.15. The van der Waals surface area contributed by atoms with Gasteiger partial charge in [-0.25, -0.2) is 0 Å². The molecule has 124 valence electrons. The number of hydrogen-bond donors (Lipinski definition) is 2. The van der Waals surface area contributed by atoms with Crippen molar-refractivity contribution < 1.29 is 14.3 Å². The summed E-state index contributed by atoms with van der Waals surface area (Å²) in [5.41, 5.74) is 4.13. The molecule has 3 aromatic rings. The Bertz CT molecular complexity index is 982. The summed E-state index contributed by atoms with van der Waals surface area (Å²) in [5.74, 6) is 0.584. The zero-order valence-electron chi connectivity index (χ0n) is 13.4. The highest BCUT2D eigenvalue weighted by atomic mass is 16.6. The molecule has 0 radical (unpaired) electrons. The van der Waals surface area contributed by atoms with Crippen LogP contribution in [-0.2, 0) is 9.53 Å². The summed E-state index contributed by atoms with van der Waals surface area (Å²) in [6.07, 6.45) is 2.05. The summed E-state index contributed by atoms with van der Waals surface area (Å²) in [7, 11) is 0. The quantitative estimate of drug-likeness (QED) is 0.568. The van der Waals surface area contributed by atoms with Crippen LogP contribution in [0.5, 0.6) is 5.75 Å². The Morgan fingerprint density at radius 1 is 1.20 bits per heavy atom. The van der Waals surface area contributed by atoms with E-state index in [0.717, 1.165) is 34.5 Å². The number of ether oxygens (including phenoxy) is 2. The van der Waals surface area contributed by atoms with Crippen molar-refractivity contribution in [1.29, 1.82) is 0 Å². The standard InChI is InChI=1S/C20H16N2O3/c23-20-15(9-13-8-12-4-1-2-5-16(12)21-13)19-17(22-20)6-3-7-18(19)25-11-14-10-24-14/h1-9,14,21H,10-11H2,(H,22,23)/b15-9-. The van der Waals surface area contributed by atoms with E-state index in [1.54, 1.807) is 0 Å². The molecule has 2 N–H and O–H groups in total. The van der Waals surface area contributed by atoms with Gasteiger partial charge in [-0.1, -0.05) is 24.3 Å². The molecule has 25 heavy (non-hydrogen) atoms.